The summed E-state index contributed by atoms with van der Waals surface area (Å²) in [6.45, 7) is 0. The van der Waals surface area contributed by atoms with E-state index in [0.717, 1.165) is 10.0 Å². The second-order valence-corrected chi connectivity index (χ2v) is 3.91. The van der Waals surface area contributed by atoms with Gasteiger partial charge in [-0.25, -0.2) is 0 Å². The zero-order valence-electron chi connectivity index (χ0n) is 7.40. The lowest BCUT2D eigenvalue weighted by Crippen LogP contribution is -2.32. The summed E-state index contributed by atoms with van der Waals surface area (Å²) >= 11 is 3.26. The summed E-state index contributed by atoms with van der Waals surface area (Å²) in [7, 11) is 0. The summed E-state index contributed by atoms with van der Waals surface area (Å²) in [6, 6.07) is 4.39. The van der Waals surface area contributed by atoms with Crippen LogP contribution in [0.5, 0.6) is 0 Å². The molecule has 0 radical (unpaired) electrons. The predicted molar refractivity (Wildman–Crippen MR) is 57.9 cm³/mol. The highest BCUT2D eigenvalue weighted by atomic mass is 79.9. The third-order valence-electron chi connectivity index (χ3n) is 1.86. The Bertz CT molecular complexity index is 355. The molecule has 0 fully saturated rings. The quantitative estimate of drug-likeness (QED) is 0.706. The fourth-order valence-electron chi connectivity index (χ4n) is 1.08. The first-order valence-electron chi connectivity index (χ1n) is 4.03. The van der Waals surface area contributed by atoms with Gasteiger partial charge in [-0.15, -0.1) is 0 Å². The van der Waals surface area contributed by atoms with Gasteiger partial charge in [-0.1, -0.05) is 22.0 Å². The van der Waals surface area contributed by atoms with Gasteiger partial charge in [0.05, 0.1) is 0 Å². The smallest absolute Gasteiger partial charge is 0.320 e. The number of rotatable bonds is 3. The van der Waals surface area contributed by atoms with Crippen molar-refractivity contribution in [2.45, 2.75) is 12.5 Å². The van der Waals surface area contributed by atoms with Crippen molar-refractivity contribution >= 4 is 27.6 Å². The van der Waals surface area contributed by atoms with Crippen molar-refractivity contribution in [3.8, 4) is 0 Å². The number of aliphatic carboxylic acids is 1. The molecule has 0 aromatic heterocycles. The van der Waals surface area contributed by atoms with E-state index in [4.69, 9.17) is 16.6 Å². The molecule has 5 N–H and O–H groups in total. The van der Waals surface area contributed by atoms with E-state index in [9.17, 15) is 4.79 Å². The number of benzene rings is 1. The van der Waals surface area contributed by atoms with E-state index < -0.39 is 12.0 Å². The monoisotopic (exact) mass is 258 g/mol. The van der Waals surface area contributed by atoms with Gasteiger partial charge in [-0.05, 0) is 17.7 Å². The molecule has 0 aliphatic carbocycles. The van der Waals surface area contributed by atoms with Gasteiger partial charge in [0.25, 0.3) is 0 Å². The highest BCUT2D eigenvalue weighted by Gasteiger charge is 2.13. The highest BCUT2D eigenvalue weighted by molar-refractivity contribution is 9.10. The van der Waals surface area contributed by atoms with Crippen molar-refractivity contribution in [2.75, 3.05) is 5.73 Å². The Labute approximate surface area is 90.0 Å². The molecule has 0 spiro atoms. The first-order valence-corrected chi connectivity index (χ1v) is 4.82. The Morgan fingerprint density at radius 3 is 2.71 bits per heavy atom. The van der Waals surface area contributed by atoms with Crippen molar-refractivity contribution in [2.24, 2.45) is 5.73 Å². The maximum Gasteiger partial charge on any atom is 0.320 e. The summed E-state index contributed by atoms with van der Waals surface area (Å²) in [4.78, 5) is 10.5. The number of hydrogen-bond acceptors (Lipinski definition) is 3. The molecular weight excluding hydrogens is 248 g/mol. The van der Waals surface area contributed by atoms with E-state index in [1.165, 1.54) is 0 Å². The van der Waals surface area contributed by atoms with E-state index in [-0.39, 0.29) is 6.42 Å². The third kappa shape index (κ3) is 2.71. The number of carboxylic acids is 1. The molecule has 0 saturated carbocycles. The highest BCUT2D eigenvalue weighted by Crippen LogP contribution is 2.19. The Morgan fingerprint density at radius 1 is 1.57 bits per heavy atom. The lowest BCUT2D eigenvalue weighted by atomic mass is 10.1. The number of nitrogens with two attached hydrogens (primary N) is 2. The van der Waals surface area contributed by atoms with Crippen LogP contribution in [0.25, 0.3) is 0 Å². The molecule has 1 atom stereocenters. The minimum absolute atomic E-state index is 0.244. The van der Waals surface area contributed by atoms with Crippen LogP contribution < -0.4 is 11.5 Å². The second-order valence-electron chi connectivity index (χ2n) is 2.99. The number of halogens is 1. The fourth-order valence-corrected chi connectivity index (χ4v) is 1.45. The van der Waals surface area contributed by atoms with Gasteiger partial charge in [0.15, 0.2) is 0 Å². The molecule has 0 aliphatic heterocycles. The minimum Gasteiger partial charge on any atom is -0.480 e. The minimum atomic E-state index is -1.02. The van der Waals surface area contributed by atoms with E-state index in [1.807, 2.05) is 0 Å². The van der Waals surface area contributed by atoms with Gasteiger partial charge < -0.3 is 16.6 Å². The second kappa shape index (κ2) is 4.43. The standard InChI is InChI=1S/C9H11BrN2O2/c10-6-2-1-5(7(11)4-6)3-8(12)9(13)14/h1-2,4,8H,3,11-12H2,(H,13,14)/t8-/m1/s1. The first-order chi connectivity index (χ1) is 6.50. The molecule has 1 rings (SSSR count). The molecule has 5 heteroatoms. The molecular formula is C9H11BrN2O2. The molecule has 0 unspecified atom stereocenters. The van der Waals surface area contributed by atoms with Crippen LogP contribution in [0.2, 0.25) is 0 Å². The number of nitrogen functional groups attached to an aromatic ring is 1. The molecule has 0 saturated heterocycles. The number of hydrogen-bond donors (Lipinski definition) is 3. The molecule has 14 heavy (non-hydrogen) atoms. The van der Waals surface area contributed by atoms with Crippen molar-refractivity contribution in [1.82, 2.24) is 0 Å². The fraction of sp³-hybridized carbons (Fsp3) is 0.222. The van der Waals surface area contributed by atoms with Crippen LogP contribution in [0.1, 0.15) is 5.56 Å². The molecule has 0 amide bonds. The largest absolute Gasteiger partial charge is 0.480 e. The van der Waals surface area contributed by atoms with E-state index in [2.05, 4.69) is 15.9 Å². The number of carbonyl (C=O) groups is 1. The lowest BCUT2D eigenvalue weighted by Gasteiger charge is -2.09. The Morgan fingerprint density at radius 2 is 2.21 bits per heavy atom. The van der Waals surface area contributed by atoms with Gasteiger partial charge >= 0.3 is 5.97 Å². The van der Waals surface area contributed by atoms with E-state index >= 15 is 0 Å². The first kappa shape index (κ1) is 11.0. The SMILES string of the molecule is Nc1cc(Br)ccc1C[C@@H](N)C(=O)O. The van der Waals surface area contributed by atoms with Gasteiger partial charge in [0.2, 0.25) is 0 Å². The van der Waals surface area contributed by atoms with Crippen LogP contribution in [-0.2, 0) is 11.2 Å². The van der Waals surface area contributed by atoms with Crippen molar-refractivity contribution < 1.29 is 9.90 Å². The van der Waals surface area contributed by atoms with Crippen molar-refractivity contribution in [3.63, 3.8) is 0 Å². The van der Waals surface area contributed by atoms with Gasteiger partial charge in [-0.2, -0.15) is 0 Å². The van der Waals surface area contributed by atoms with Crippen LogP contribution in [0.4, 0.5) is 5.69 Å². The van der Waals surface area contributed by atoms with Crippen LogP contribution in [0, 0.1) is 0 Å². The normalized spacial score (nSPS) is 12.4. The average molecular weight is 259 g/mol. The van der Waals surface area contributed by atoms with E-state index in [0.29, 0.717) is 5.69 Å². The van der Waals surface area contributed by atoms with Crippen LogP contribution in [-0.4, -0.2) is 17.1 Å². The molecule has 0 aliphatic rings. The van der Waals surface area contributed by atoms with Gasteiger partial charge in [-0.3, -0.25) is 4.79 Å². The van der Waals surface area contributed by atoms with Gasteiger partial charge in [0.1, 0.15) is 6.04 Å². The Balaban J connectivity index is 2.82. The van der Waals surface area contributed by atoms with Crippen LogP contribution in [0.3, 0.4) is 0 Å². The Hall–Kier alpha value is -1.07. The summed E-state index contributed by atoms with van der Waals surface area (Å²) in [5.41, 5.74) is 12.4. The summed E-state index contributed by atoms with van der Waals surface area (Å²) < 4.78 is 0.864. The molecule has 76 valence electrons. The van der Waals surface area contributed by atoms with E-state index in [1.54, 1.807) is 18.2 Å². The van der Waals surface area contributed by atoms with Crippen molar-refractivity contribution in [1.29, 1.82) is 0 Å². The third-order valence-corrected chi connectivity index (χ3v) is 2.36. The predicted octanol–water partition coefficient (Wildman–Crippen LogP) is 0.986. The Kier molecular flexibility index (Phi) is 3.49. The molecule has 1 aromatic rings. The topological polar surface area (TPSA) is 89.3 Å². The lowest BCUT2D eigenvalue weighted by molar-refractivity contribution is -0.138. The van der Waals surface area contributed by atoms with Crippen LogP contribution in [0.15, 0.2) is 22.7 Å². The molecule has 1 aromatic carbocycles. The van der Waals surface area contributed by atoms with Gasteiger partial charge in [0, 0.05) is 16.6 Å². The van der Waals surface area contributed by atoms with Crippen LogP contribution >= 0.6 is 15.9 Å². The van der Waals surface area contributed by atoms with Crippen molar-refractivity contribution in [3.05, 3.63) is 28.2 Å². The maximum absolute atomic E-state index is 10.5. The average Bonchev–Trinajstić information content (AvgIpc) is 2.09. The molecule has 0 heterocycles. The summed E-state index contributed by atoms with van der Waals surface area (Å²) in [6.07, 6.45) is 0.244. The number of anilines is 1. The zero-order valence-corrected chi connectivity index (χ0v) is 8.99. The zero-order chi connectivity index (χ0) is 10.7. The maximum atomic E-state index is 10.5. The summed E-state index contributed by atoms with van der Waals surface area (Å²) in [5, 5.41) is 8.61. The molecule has 4 nitrogen and oxygen atoms in total. The molecule has 0 bridgehead atoms. The summed E-state index contributed by atoms with van der Waals surface area (Å²) in [5.74, 6) is -1.02. The number of carboxylic acid groups (broad SMARTS) is 1.